The number of hydrogen-bond donors (Lipinski definition) is 2. The fourth-order valence-electron chi connectivity index (χ4n) is 1.46. The van der Waals surface area contributed by atoms with Gasteiger partial charge in [-0.05, 0) is 6.92 Å². The van der Waals surface area contributed by atoms with Crippen LogP contribution in [0.1, 0.15) is 22.8 Å². The van der Waals surface area contributed by atoms with Crippen LogP contribution >= 0.6 is 12.4 Å². The standard InChI is InChI=1S/C11H15NO3.ClH/c1-8(14)11(12,15-2)10-6-4-3-5-9(10)7-13;/h3-8,14H,12H2,1-2H3;1H/t8-,11+;/m1./s1. The monoisotopic (exact) mass is 245 g/mol. The Morgan fingerprint density at radius 1 is 1.50 bits per heavy atom. The summed E-state index contributed by atoms with van der Waals surface area (Å²) in [6, 6.07) is 6.77. The zero-order chi connectivity index (χ0) is 11.5. The lowest BCUT2D eigenvalue weighted by Gasteiger charge is -2.32. The largest absolute Gasteiger partial charge is 0.389 e. The molecule has 90 valence electrons. The molecule has 0 unspecified atom stereocenters. The second-order valence-corrected chi connectivity index (χ2v) is 3.38. The molecule has 0 aliphatic rings. The summed E-state index contributed by atoms with van der Waals surface area (Å²) in [6.45, 7) is 1.52. The lowest BCUT2D eigenvalue weighted by molar-refractivity contribution is -0.0972. The number of aldehydes is 1. The summed E-state index contributed by atoms with van der Waals surface area (Å²) in [6.07, 6.45) is -0.221. The van der Waals surface area contributed by atoms with Gasteiger partial charge in [0.25, 0.3) is 0 Å². The summed E-state index contributed by atoms with van der Waals surface area (Å²) in [5, 5.41) is 9.58. The molecular weight excluding hydrogens is 230 g/mol. The number of halogens is 1. The Morgan fingerprint density at radius 3 is 2.50 bits per heavy atom. The van der Waals surface area contributed by atoms with Gasteiger partial charge in [-0.25, -0.2) is 0 Å². The molecule has 0 amide bonds. The molecule has 1 rings (SSSR count). The summed E-state index contributed by atoms with van der Waals surface area (Å²) < 4.78 is 5.10. The van der Waals surface area contributed by atoms with E-state index >= 15 is 0 Å². The van der Waals surface area contributed by atoms with Crippen molar-refractivity contribution in [3.8, 4) is 0 Å². The van der Waals surface area contributed by atoms with Crippen molar-refractivity contribution >= 4 is 18.7 Å². The van der Waals surface area contributed by atoms with E-state index in [1.165, 1.54) is 14.0 Å². The Hall–Kier alpha value is -0.940. The number of aliphatic hydroxyl groups excluding tert-OH is 1. The smallest absolute Gasteiger partial charge is 0.168 e. The Bertz CT molecular complexity index is 357. The molecule has 0 aromatic heterocycles. The molecule has 0 radical (unpaired) electrons. The maximum Gasteiger partial charge on any atom is 0.168 e. The average molecular weight is 246 g/mol. The first-order chi connectivity index (χ1) is 7.06. The fraction of sp³-hybridized carbons (Fsp3) is 0.364. The minimum absolute atomic E-state index is 0. The zero-order valence-corrected chi connectivity index (χ0v) is 10.0. The number of methoxy groups -OCH3 is 1. The Labute approximate surface area is 101 Å². The highest BCUT2D eigenvalue weighted by Gasteiger charge is 2.34. The van der Waals surface area contributed by atoms with E-state index in [1.807, 2.05) is 0 Å². The molecule has 0 aliphatic carbocycles. The molecule has 2 atom stereocenters. The van der Waals surface area contributed by atoms with E-state index in [9.17, 15) is 9.90 Å². The van der Waals surface area contributed by atoms with Gasteiger partial charge in [0.1, 0.15) is 6.29 Å². The summed E-state index contributed by atoms with van der Waals surface area (Å²) in [4.78, 5) is 10.8. The van der Waals surface area contributed by atoms with Gasteiger partial charge in [0, 0.05) is 18.2 Å². The maximum atomic E-state index is 10.8. The average Bonchev–Trinajstić information content (AvgIpc) is 2.27. The molecule has 0 heterocycles. The number of nitrogens with two attached hydrogens (primary N) is 1. The van der Waals surface area contributed by atoms with Gasteiger partial charge in [-0.1, -0.05) is 24.3 Å². The topological polar surface area (TPSA) is 72.5 Å². The molecule has 0 bridgehead atoms. The minimum Gasteiger partial charge on any atom is -0.389 e. The number of benzene rings is 1. The molecule has 1 aromatic carbocycles. The summed E-state index contributed by atoms with van der Waals surface area (Å²) in [5.41, 5.74) is 5.46. The van der Waals surface area contributed by atoms with Gasteiger partial charge in [-0.3, -0.25) is 10.5 Å². The number of hydrogen-bond acceptors (Lipinski definition) is 4. The lowest BCUT2D eigenvalue weighted by atomic mass is 9.94. The maximum absolute atomic E-state index is 10.8. The molecule has 0 spiro atoms. The van der Waals surface area contributed by atoms with Crippen LogP contribution in [0, 0.1) is 0 Å². The first-order valence-electron chi connectivity index (χ1n) is 4.63. The van der Waals surface area contributed by atoms with Gasteiger partial charge in [0.2, 0.25) is 0 Å². The second-order valence-electron chi connectivity index (χ2n) is 3.38. The van der Waals surface area contributed by atoms with Crippen molar-refractivity contribution in [2.75, 3.05) is 7.11 Å². The summed E-state index contributed by atoms with van der Waals surface area (Å²) >= 11 is 0. The van der Waals surface area contributed by atoms with Crippen LogP contribution in [0.5, 0.6) is 0 Å². The molecule has 0 saturated heterocycles. The van der Waals surface area contributed by atoms with E-state index in [0.717, 1.165) is 0 Å². The van der Waals surface area contributed by atoms with Crippen LogP contribution in [0.3, 0.4) is 0 Å². The first kappa shape index (κ1) is 15.1. The Morgan fingerprint density at radius 2 is 2.06 bits per heavy atom. The zero-order valence-electron chi connectivity index (χ0n) is 9.21. The van der Waals surface area contributed by atoms with Gasteiger partial charge >= 0.3 is 0 Å². The third kappa shape index (κ3) is 2.59. The van der Waals surface area contributed by atoms with Crippen molar-refractivity contribution in [3.05, 3.63) is 35.4 Å². The van der Waals surface area contributed by atoms with Crippen LogP contribution in [0.15, 0.2) is 24.3 Å². The van der Waals surface area contributed by atoms with Crippen LogP contribution in [0.4, 0.5) is 0 Å². The highest BCUT2D eigenvalue weighted by atomic mass is 35.5. The van der Waals surface area contributed by atoms with E-state index in [-0.39, 0.29) is 12.4 Å². The fourth-order valence-corrected chi connectivity index (χ4v) is 1.46. The molecule has 0 fully saturated rings. The van der Waals surface area contributed by atoms with Gasteiger partial charge in [-0.15, -0.1) is 12.4 Å². The van der Waals surface area contributed by atoms with Gasteiger partial charge in [0.15, 0.2) is 5.72 Å². The normalized spacial score (nSPS) is 15.8. The minimum atomic E-state index is -1.35. The van der Waals surface area contributed by atoms with E-state index in [1.54, 1.807) is 24.3 Å². The second kappa shape index (κ2) is 5.96. The van der Waals surface area contributed by atoms with Crippen molar-refractivity contribution in [1.82, 2.24) is 0 Å². The van der Waals surface area contributed by atoms with Gasteiger partial charge < -0.3 is 9.84 Å². The van der Waals surface area contributed by atoms with Crippen LogP contribution in [0.2, 0.25) is 0 Å². The predicted octanol–water partition coefficient (Wildman–Crippen LogP) is 1.06. The SMILES string of the molecule is CO[C@](N)(c1ccccc1C=O)[C@@H](C)O.Cl. The Kier molecular flexibility index (Phi) is 5.61. The van der Waals surface area contributed by atoms with Crippen LogP contribution in [-0.4, -0.2) is 24.6 Å². The lowest BCUT2D eigenvalue weighted by Crippen LogP contribution is -2.48. The number of carbonyl (C=O) groups is 1. The predicted molar refractivity (Wildman–Crippen MR) is 63.6 cm³/mol. The number of aliphatic hydroxyl groups is 1. The van der Waals surface area contributed by atoms with Crippen LogP contribution < -0.4 is 5.73 Å². The molecule has 1 aromatic rings. The molecular formula is C11H16ClNO3. The van der Waals surface area contributed by atoms with Crippen LogP contribution in [0.25, 0.3) is 0 Å². The van der Waals surface area contributed by atoms with Crippen molar-refractivity contribution in [2.45, 2.75) is 18.8 Å². The molecule has 16 heavy (non-hydrogen) atoms. The Balaban J connectivity index is 0.00000225. The third-order valence-electron chi connectivity index (χ3n) is 2.47. The third-order valence-corrected chi connectivity index (χ3v) is 2.47. The summed E-state index contributed by atoms with van der Waals surface area (Å²) in [7, 11) is 1.40. The van der Waals surface area contributed by atoms with E-state index < -0.39 is 11.8 Å². The molecule has 0 aliphatic heterocycles. The van der Waals surface area contributed by atoms with Crippen molar-refractivity contribution < 1.29 is 14.6 Å². The van der Waals surface area contributed by atoms with Crippen LogP contribution in [-0.2, 0) is 10.5 Å². The van der Waals surface area contributed by atoms with Gasteiger partial charge in [-0.2, -0.15) is 0 Å². The molecule has 0 saturated carbocycles. The molecule has 4 nitrogen and oxygen atoms in total. The first-order valence-corrected chi connectivity index (χ1v) is 4.63. The highest BCUT2D eigenvalue weighted by molar-refractivity contribution is 5.85. The van der Waals surface area contributed by atoms with Gasteiger partial charge in [0.05, 0.1) is 6.10 Å². The van der Waals surface area contributed by atoms with E-state index in [4.69, 9.17) is 10.5 Å². The summed E-state index contributed by atoms with van der Waals surface area (Å²) in [5.74, 6) is 0. The highest BCUT2D eigenvalue weighted by Crippen LogP contribution is 2.25. The van der Waals surface area contributed by atoms with Crippen molar-refractivity contribution in [3.63, 3.8) is 0 Å². The van der Waals surface area contributed by atoms with E-state index in [0.29, 0.717) is 17.4 Å². The van der Waals surface area contributed by atoms with Crippen molar-refractivity contribution in [2.24, 2.45) is 5.73 Å². The number of ether oxygens (including phenoxy) is 1. The molecule has 3 N–H and O–H groups in total. The van der Waals surface area contributed by atoms with E-state index in [2.05, 4.69) is 0 Å². The quantitative estimate of drug-likeness (QED) is 0.615. The molecule has 5 heteroatoms. The van der Waals surface area contributed by atoms with Crippen molar-refractivity contribution in [1.29, 1.82) is 0 Å². The number of rotatable bonds is 4. The number of carbonyl (C=O) groups excluding carboxylic acids is 1.